The predicted octanol–water partition coefficient (Wildman–Crippen LogP) is 0.554. The zero-order valence-corrected chi connectivity index (χ0v) is 14.3. The monoisotopic (exact) mass is 352 g/mol. The Morgan fingerprint density at radius 1 is 1.42 bits per heavy atom. The maximum absolute atomic E-state index is 12.6. The highest BCUT2D eigenvalue weighted by atomic mass is 32.2. The number of hydrogen-bond acceptors (Lipinski definition) is 5. The number of aromatic nitrogens is 1. The van der Waals surface area contributed by atoms with Crippen molar-refractivity contribution in [2.45, 2.75) is 29.7 Å². The van der Waals surface area contributed by atoms with Gasteiger partial charge in [-0.25, -0.2) is 8.42 Å². The van der Waals surface area contributed by atoms with Gasteiger partial charge in [-0.15, -0.1) is 0 Å². The Morgan fingerprint density at radius 2 is 2.08 bits per heavy atom. The number of H-pyrrole nitrogens is 1. The molecule has 3 rings (SSSR count). The molecule has 1 aromatic rings. The van der Waals surface area contributed by atoms with Gasteiger partial charge in [0.2, 0.25) is 10.0 Å². The third kappa shape index (κ3) is 2.70. The molecule has 0 unspecified atom stereocenters. The summed E-state index contributed by atoms with van der Waals surface area (Å²) in [6, 6.07) is 3.55. The molecule has 0 spiro atoms. The summed E-state index contributed by atoms with van der Waals surface area (Å²) in [4.78, 5) is 16.8. The fourth-order valence-corrected chi connectivity index (χ4v) is 4.39. The van der Waals surface area contributed by atoms with E-state index in [0.717, 1.165) is 6.42 Å². The second kappa shape index (κ2) is 6.20. The second-order valence-electron chi connectivity index (χ2n) is 6.13. The van der Waals surface area contributed by atoms with Gasteiger partial charge in [-0.1, -0.05) is 0 Å². The number of ether oxygens (including phenoxy) is 1. The van der Waals surface area contributed by atoms with Crippen molar-refractivity contribution in [2.24, 2.45) is 0 Å². The number of hydrogen-bond donors (Lipinski definition) is 1. The number of nitrogens with one attached hydrogen (secondary N) is 1. The first-order valence-electron chi connectivity index (χ1n) is 7.86. The van der Waals surface area contributed by atoms with E-state index in [1.54, 1.807) is 7.05 Å². The van der Waals surface area contributed by atoms with Crippen molar-refractivity contribution in [3.63, 3.8) is 0 Å². The summed E-state index contributed by atoms with van der Waals surface area (Å²) < 4.78 is 31.7. The van der Waals surface area contributed by atoms with Gasteiger partial charge >= 0.3 is 0 Å². The fraction of sp³-hybridized carbons (Fsp3) is 0.600. The molecule has 2 aliphatic rings. The van der Waals surface area contributed by atoms with Crippen molar-refractivity contribution in [1.29, 1.82) is 5.26 Å². The predicted molar refractivity (Wildman–Crippen MR) is 84.7 cm³/mol. The van der Waals surface area contributed by atoms with Crippen LogP contribution in [0.3, 0.4) is 0 Å². The molecule has 8 nitrogen and oxygen atoms in total. The third-order valence-electron chi connectivity index (χ3n) is 4.83. The van der Waals surface area contributed by atoms with Crippen LogP contribution >= 0.6 is 0 Å². The summed E-state index contributed by atoms with van der Waals surface area (Å²) in [6.45, 7) is 1.33. The third-order valence-corrected chi connectivity index (χ3v) is 6.71. The van der Waals surface area contributed by atoms with Crippen LogP contribution in [0.5, 0.6) is 0 Å². The zero-order valence-electron chi connectivity index (χ0n) is 13.5. The number of rotatable bonds is 4. The van der Waals surface area contributed by atoms with Crippen LogP contribution < -0.4 is 0 Å². The van der Waals surface area contributed by atoms with Crippen molar-refractivity contribution in [1.82, 2.24) is 14.2 Å². The molecule has 2 fully saturated rings. The van der Waals surface area contributed by atoms with E-state index in [-0.39, 0.29) is 16.5 Å². The summed E-state index contributed by atoms with van der Waals surface area (Å²) in [5.74, 6) is -0.375. The largest absolute Gasteiger partial charge is 0.379 e. The minimum atomic E-state index is -3.65. The summed E-state index contributed by atoms with van der Waals surface area (Å²) in [5.41, 5.74) is -0.600. The Balaban J connectivity index is 1.80. The molecule has 2 heterocycles. The molecule has 0 aromatic carbocycles. The maximum atomic E-state index is 12.6. The highest BCUT2D eigenvalue weighted by Gasteiger charge is 2.44. The summed E-state index contributed by atoms with van der Waals surface area (Å²) in [7, 11) is -2.06. The summed E-state index contributed by atoms with van der Waals surface area (Å²) in [5, 5.41) is 9.34. The quantitative estimate of drug-likeness (QED) is 0.852. The number of sulfonamides is 1. The molecule has 1 aliphatic heterocycles. The van der Waals surface area contributed by atoms with E-state index >= 15 is 0 Å². The molecule has 24 heavy (non-hydrogen) atoms. The summed E-state index contributed by atoms with van der Waals surface area (Å²) in [6.07, 6.45) is 3.52. The minimum absolute atomic E-state index is 0.0563. The molecule has 0 atom stereocenters. The van der Waals surface area contributed by atoms with Crippen molar-refractivity contribution >= 4 is 15.9 Å². The molecule has 9 heteroatoms. The van der Waals surface area contributed by atoms with Gasteiger partial charge in [0.15, 0.2) is 0 Å². The maximum Gasteiger partial charge on any atom is 0.271 e. The Bertz CT molecular complexity index is 770. The van der Waals surface area contributed by atoms with Gasteiger partial charge in [0.05, 0.1) is 19.3 Å². The van der Waals surface area contributed by atoms with E-state index in [1.807, 2.05) is 0 Å². The number of nitriles is 1. The van der Waals surface area contributed by atoms with Crippen LogP contribution in [-0.4, -0.2) is 67.4 Å². The van der Waals surface area contributed by atoms with Gasteiger partial charge in [-0.2, -0.15) is 9.57 Å². The highest BCUT2D eigenvalue weighted by molar-refractivity contribution is 7.89. The van der Waals surface area contributed by atoms with Crippen LogP contribution in [0.15, 0.2) is 17.2 Å². The van der Waals surface area contributed by atoms with Crippen LogP contribution in [0.2, 0.25) is 0 Å². The smallest absolute Gasteiger partial charge is 0.271 e. The number of carbonyl (C=O) groups is 1. The Morgan fingerprint density at radius 3 is 2.62 bits per heavy atom. The minimum Gasteiger partial charge on any atom is -0.379 e. The molecule has 0 bridgehead atoms. The molecule has 1 N–H and O–H groups in total. The Labute approximate surface area is 141 Å². The first-order chi connectivity index (χ1) is 11.4. The number of morpholine rings is 1. The molecular weight excluding hydrogens is 332 g/mol. The molecule has 1 aromatic heterocycles. The van der Waals surface area contributed by atoms with E-state index in [2.05, 4.69) is 11.1 Å². The van der Waals surface area contributed by atoms with E-state index in [1.165, 1.54) is 21.5 Å². The fourth-order valence-electron chi connectivity index (χ4n) is 2.99. The molecular formula is C15H20N4O4S. The first-order valence-corrected chi connectivity index (χ1v) is 9.30. The van der Waals surface area contributed by atoms with Crippen LogP contribution in [0.25, 0.3) is 0 Å². The molecule has 1 aliphatic carbocycles. The lowest BCUT2D eigenvalue weighted by atomic mass is 9.76. The van der Waals surface area contributed by atoms with E-state index in [0.29, 0.717) is 39.1 Å². The van der Waals surface area contributed by atoms with Crippen molar-refractivity contribution in [3.8, 4) is 6.07 Å². The number of aromatic amines is 1. The molecule has 130 valence electrons. The van der Waals surface area contributed by atoms with E-state index in [9.17, 15) is 18.5 Å². The molecule has 1 saturated carbocycles. The van der Waals surface area contributed by atoms with Crippen molar-refractivity contribution in [3.05, 3.63) is 18.0 Å². The van der Waals surface area contributed by atoms with E-state index in [4.69, 9.17) is 4.74 Å². The lowest BCUT2D eigenvalue weighted by molar-refractivity contribution is 0.0492. The van der Waals surface area contributed by atoms with Gasteiger partial charge < -0.3 is 14.6 Å². The average molecular weight is 352 g/mol. The van der Waals surface area contributed by atoms with Gasteiger partial charge in [0.25, 0.3) is 5.91 Å². The molecule has 1 amide bonds. The van der Waals surface area contributed by atoms with Crippen LogP contribution in [0.4, 0.5) is 0 Å². The summed E-state index contributed by atoms with van der Waals surface area (Å²) >= 11 is 0. The molecule has 1 saturated heterocycles. The van der Waals surface area contributed by atoms with Crippen molar-refractivity contribution < 1.29 is 17.9 Å². The van der Waals surface area contributed by atoms with Gasteiger partial charge in [-0.3, -0.25) is 4.79 Å². The number of amides is 1. The lowest BCUT2D eigenvalue weighted by Gasteiger charge is -2.42. The number of carbonyl (C=O) groups excluding carboxylic acids is 1. The Hall–Kier alpha value is -1.89. The van der Waals surface area contributed by atoms with Crippen LogP contribution in [0, 0.1) is 11.3 Å². The van der Waals surface area contributed by atoms with Crippen LogP contribution in [-0.2, 0) is 14.8 Å². The Kier molecular flexibility index (Phi) is 4.38. The van der Waals surface area contributed by atoms with Gasteiger partial charge in [0.1, 0.15) is 16.1 Å². The topological polar surface area (TPSA) is 106 Å². The normalized spacial score (nSPS) is 20.8. The van der Waals surface area contributed by atoms with E-state index < -0.39 is 15.6 Å². The van der Waals surface area contributed by atoms with Crippen LogP contribution in [0.1, 0.15) is 29.8 Å². The van der Waals surface area contributed by atoms with Gasteiger partial charge in [-0.05, 0) is 25.3 Å². The lowest BCUT2D eigenvalue weighted by Crippen LogP contribution is -2.53. The number of nitrogens with zero attached hydrogens (tertiary/aromatic N) is 3. The highest BCUT2D eigenvalue weighted by Crippen LogP contribution is 2.37. The zero-order chi connectivity index (χ0) is 17.4. The standard InChI is InChI=1S/C15H20N4O4S/c1-18(15(11-16)3-2-4-15)14(20)13-9-12(10-17-13)24(21,22)19-5-7-23-8-6-19/h9-10,17H,2-8H2,1H3. The second-order valence-corrected chi connectivity index (χ2v) is 8.06. The van der Waals surface area contributed by atoms with Gasteiger partial charge in [0, 0.05) is 26.3 Å². The first kappa shape index (κ1) is 17.0. The average Bonchev–Trinajstić information content (AvgIpc) is 3.05. The SMILES string of the molecule is CN(C(=O)c1cc(S(=O)(=O)N2CCOCC2)c[nH]1)C1(C#N)CCC1. The van der Waals surface area contributed by atoms with Crippen molar-refractivity contribution in [2.75, 3.05) is 33.4 Å². The molecule has 0 radical (unpaired) electrons.